The molecule has 5 nitrogen and oxygen atoms in total. The number of carboxylic acids is 1. The minimum absolute atomic E-state index is 0.0721. The molecule has 0 aliphatic carbocycles. The Morgan fingerprint density at radius 2 is 2.05 bits per heavy atom. The second-order valence-electron chi connectivity index (χ2n) is 5.43. The highest BCUT2D eigenvalue weighted by Crippen LogP contribution is 2.22. The maximum absolute atomic E-state index is 12.7. The van der Waals surface area contributed by atoms with Gasteiger partial charge in [0, 0.05) is 18.3 Å². The molecule has 2 aromatic rings. The monoisotopic (exact) mass is 322 g/mol. The van der Waals surface area contributed by atoms with Gasteiger partial charge in [-0.3, -0.25) is 9.36 Å². The Labute approximate surface area is 133 Å². The summed E-state index contributed by atoms with van der Waals surface area (Å²) in [5, 5.41) is 11.0. The largest absolute Gasteiger partial charge is 0.478 e. The standard InChI is InChI=1S/C16H22N2O3S/c1-3-5-6-7-9-18-12(8-4-2)17-14-13(15(18)19)11(10-22-14)16(20)21/h10H,3-9H2,1-2H3,(H,20,21). The molecule has 6 heteroatoms. The van der Waals surface area contributed by atoms with Crippen molar-refractivity contribution in [3.05, 3.63) is 27.1 Å². The van der Waals surface area contributed by atoms with Crippen LogP contribution in [0.3, 0.4) is 0 Å². The van der Waals surface area contributed by atoms with E-state index in [4.69, 9.17) is 0 Å². The second kappa shape index (κ2) is 7.54. The number of carbonyl (C=O) groups is 1. The number of hydrogen-bond acceptors (Lipinski definition) is 4. The third kappa shape index (κ3) is 3.38. The molecule has 0 aliphatic rings. The molecule has 0 radical (unpaired) electrons. The quantitative estimate of drug-likeness (QED) is 0.752. The zero-order valence-electron chi connectivity index (χ0n) is 13.1. The fourth-order valence-electron chi connectivity index (χ4n) is 2.57. The lowest BCUT2D eigenvalue weighted by Crippen LogP contribution is -2.26. The van der Waals surface area contributed by atoms with Gasteiger partial charge in [0.2, 0.25) is 0 Å². The average Bonchev–Trinajstić information content (AvgIpc) is 2.90. The van der Waals surface area contributed by atoms with Gasteiger partial charge in [-0.1, -0.05) is 33.1 Å². The van der Waals surface area contributed by atoms with Crippen molar-refractivity contribution in [2.45, 2.75) is 58.9 Å². The van der Waals surface area contributed by atoms with Crippen LogP contribution in [0, 0.1) is 0 Å². The number of aromatic carboxylic acids is 1. The van der Waals surface area contributed by atoms with Gasteiger partial charge in [-0.25, -0.2) is 9.78 Å². The van der Waals surface area contributed by atoms with Crippen LogP contribution in [-0.2, 0) is 13.0 Å². The highest BCUT2D eigenvalue weighted by molar-refractivity contribution is 7.17. The highest BCUT2D eigenvalue weighted by Gasteiger charge is 2.19. The molecule has 22 heavy (non-hydrogen) atoms. The van der Waals surface area contributed by atoms with E-state index >= 15 is 0 Å². The highest BCUT2D eigenvalue weighted by atomic mass is 32.1. The Hall–Kier alpha value is -1.69. The minimum atomic E-state index is -1.06. The van der Waals surface area contributed by atoms with Gasteiger partial charge in [-0.2, -0.15) is 0 Å². The normalized spacial score (nSPS) is 11.2. The van der Waals surface area contributed by atoms with Gasteiger partial charge < -0.3 is 5.11 Å². The molecule has 0 saturated heterocycles. The summed E-state index contributed by atoms with van der Waals surface area (Å²) in [5.41, 5.74) is -0.133. The fourth-order valence-corrected chi connectivity index (χ4v) is 3.49. The number of carboxylic acid groups (broad SMARTS) is 1. The molecule has 120 valence electrons. The maximum Gasteiger partial charge on any atom is 0.337 e. The average molecular weight is 322 g/mol. The number of aryl methyl sites for hydroxylation is 1. The Bertz CT molecular complexity index is 718. The van der Waals surface area contributed by atoms with E-state index in [1.54, 1.807) is 4.57 Å². The third-order valence-corrected chi connectivity index (χ3v) is 4.58. The number of unbranched alkanes of at least 4 members (excludes halogenated alkanes) is 3. The van der Waals surface area contributed by atoms with Crippen molar-refractivity contribution in [2.75, 3.05) is 0 Å². The molecule has 0 aromatic carbocycles. The van der Waals surface area contributed by atoms with Gasteiger partial charge in [-0.05, 0) is 12.8 Å². The number of nitrogens with zero attached hydrogens (tertiary/aromatic N) is 2. The van der Waals surface area contributed by atoms with Gasteiger partial charge in [0.15, 0.2) is 0 Å². The molecule has 0 aliphatic heterocycles. The number of hydrogen-bond donors (Lipinski definition) is 1. The molecule has 2 aromatic heterocycles. The van der Waals surface area contributed by atoms with Crippen LogP contribution in [0.4, 0.5) is 0 Å². The zero-order valence-corrected chi connectivity index (χ0v) is 13.9. The van der Waals surface area contributed by atoms with Crippen molar-refractivity contribution in [1.82, 2.24) is 9.55 Å². The van der Waals surface area contributed by atoms with Crippen molar-refractivity contribution in [3.8, 4) is 0 Å². The lowest BCUT2D eigenvalue weighted by Gasteiger charge is -2.12. The Balaban J connectivity index is 2.47. The van der Waals surface area contributed by atoms with E-state index in [1.807, 2.05) is 0 Å². The molecular formula is C16H22N2O3S. The van der Waals surface area contributed by atoms with Crippen LogP contribution in [0.5, 0.6) is 0 Å². The molecule has 0 atom stereocenters. The first-order valence-corrected chi connectivity index (χ1v) is 8.72. The summed E-state index contributed by atoms with van der Waals surface area (Å²) >= 11 is 1.23. The lowest BCUT2D eigenvalue weighted by molar-refractivity contribution is 0.0699. The van der Waals surface area contributed by atoms with E-state index in [0.717, 1.165) is 44.3 Å². The molecule has 1 N–H and O–H groups in total. The Morgan fingerprint density at radius 3 is 2.68 bits per heavy atom. The molecule has 0 spiro atoms. The summed E-state index contributed by atoms with van der Waals surface area (Å²) in [5.74, 6) is -0.291. The van der Waals surface area contributed by atoms with Gasteiger partial charge >= 0.3 is 5.97 Å². The van der Waals surface area contributed by atoms with Crippen molar-refractivity contribution in [1.29, 1.82) is 0 Å². The molecule has 0 unspecified atom stereocenters. The van der Waals surface area contributed by atoms with Crippen molar-refractivity contribution >= 4 is 27.5 Å². The van der Waals surface area contributed by atoms with E-state index < -0.39 is 5.97 Å². The molecule has 2 rings (SSSR count). The maximum atomic E-state index is 12.7. The van der Waals surface area contributed by atoms with Crippen LogP contribution in [0.15, 0.2) is 10.2 Å². The van der Waals surface area contributed by atoms with E-state index in [9.17, 15) is 14.7 Å². The number of aromatic nitrogens is 2. The summed E-state index contributed by atoms with van der Waals surface area (Å²) < 4.78 is 1.68. The first-order valence-electron chi connectivity index (χ1n) is 7.84. The smallest absolute Gasteiger partial charge is 0.337 e. The third-order valence-electron chi connectivity index (χ3n) is 3.71. The SMILES string of the molecule is CCCCCCn1c(CCC)nc2scc(C(=O)O)c2c1=O. The zero-order chi connectivity index (χ0) is 16.1. The van der Waals surface area contributed by atoms with Gasteiger partial charge in [-0.15, -0.1) is 11.3 Å². The number of fused-ring (bicyclic) bond motifs is 1. The molecule has 0 bridgehead atoms. The summed E-state index contributed by atoms with van der Waals surface area (Å²) in [6.45, 7) is 4.81. The predicted octanol–water partition coefficient (Wildman–Crippen LogP) is 3.69. The van der Waals surface area contributed by atoms with Crippen molar-refractivity contribution < 1.29 is 9.90 Å². The summed E-state index contributed by atoms with van der Waals surface area (Å²) in [4.78, 5) is 29.1. The predicted molar refractivity (Wildman–Crippen MR) is 89.0 cm³/mol. The van der Waals surface area contributed by atoms with E-state index in [1.165, 1.54) is 16.7 Å². The van der Waals surface area contributed by atoms with E-state index in [0.29, 0.717) is 11.4 Å². The fraction of sp³-hybridized carbons (Fsp3) is 0.562. The number of thiophene rings is 1. The molecule has 0 saturated carbocycles. The van der Waals surface area contributed by atoms with Gasteiger partial charge in [0.25, 0.3) is 5.56 Å². The molecule has 2 heterocycles. The Morgan fingerprint density at radius 1 is 1.27 bits per heavy atom. The second-order valence-corrected chi connectivity index (χ2v) is 6.29. The van der Waals surface area contributed by atoms with Crippen LogP contribution in [0.2, 0.25) is 0 Å². The number of rotatable bonds is 8. The summed E-state index contributed by atoms with van der Waals surface area (Å²) in [6.07, 6.45) is 5.92. The van der Waals surface area contributed by atoms with Crippen molar-refractivity contribution in [3.63, 3.8) is 0 Å². The summed E-state index contributed by atoms with van der Waals surface area (Å²) in [6, 6.07) is 0. The van der Waals surface area contributed by atoms with E-state index in [-0.39, 0.29) is 16.5 Å². The van der Waals surface area contributed by atoms with Crippen LogP contribution < -0.4 is 5.56 Å². The van der Waals surface area contributed by atoms with Crippen LogP contribution in [0.1, 0.15) is 62.1 Å². The first-order chi connectivity index (χ1) is 10.6. The van der Waals surface area contributed by atoms with Crippen LogP contribution in [-0.4, -0.2) is 20.6 Å². The topological polar surface area (TPSA) is 72.2 Å². The molecular weight excluding hydrogens is 300 g/mol. The lowest BCUT2D eigenvalue weighted by atomic mass is 10.2. The van der Waals surface area contributed by atoms with Crippen molar-refractivity contribution in [2.24, 2.45) is 0 Å². The molecule has 0 fully saturated rings. The summed E-state index contributed by atoms with van der Waals surface area (Å²) in [7, 11) is 0. The minimum Gasteiger partial charge on any atom is -0.478 e. The van der Waals surface area contributed by atoms with E-state index in [2.05, 4.69) is 18.8 Å². The van der Waals surface area contributed by atoms with Gasteiger partial charge in [0.1, 0.15) is 10.7 Å². The van der Waals surface area contributed by atoms with Crippen LogP contribution >= 0.6 is 11.3 Å². The Kier molecular flexibility index (Phi) is 5.71. The van der Waals surface area contributed by atoms with Crippen LogP contribution in [0.25, 0.3) is 10.2 Å². The first kappa shape index (κ1) is 16.7. The molecule has 0 amide bonds. The van der Waals surface area contributed by atoms with Gasteiger partial charge in [0.05, 0.1) is 10.9 Å².